The number of carbonyl (C=O) groups excluding carboxylic acids is 1. The van der Waals surface area contributed by atoms with Gasteiger partial charge in [-0.2, -0.15) is 0 Å². The van der Waals surface area contributed by atoms with Crippen LogP contribution in [0.3, 0.4) is 0 Å². The summed E-state index contributed by atoms with van der Waals surface area (Å²) in [7, 11) is -3.59. The van der Waals surface area contributed by atoms with Crippen LogP contribution < -0.4 is 5.32 Å². The van der Waals surface area contributed by atoms with Crippen molar-refractivity contribution in [3.63, 3.8) is 0 Å². The van der Waals surface area contributed by atoms with E-state index in [1.165, 1.54) is 13.8 Å². The van der Waals surface area contributed by atoms with E-state index >= 15 is 0 Å². The minimum atomic E-state index is -3.59. The molecule has 7 nitrogen and oxygen atoms in total. The Bertz CT molecular complexity index is 713. The molecule has 1 atom stereocenters. The molecule has 1 saturated carbocycles. The van der Waals surface area contributed by atoms with E-state index in [2.05, 4.69) is 10.5 Å². The maximum absolute atomic E-state index is 12.9. The maximum atomic E-state index is 12.9. The molecule has 1 saturated heterocycles. The van der Waals surface area contributed by atoms with Crippen molar-refractivity contribution in [3.8, 4) is 0 Å². The third-order valence-electron chi connectivity index (χ3n) is 5.27. The highest BCUT2D eigenvalue weighted by Gasteiger charge is 2.46. The lowest BCUT2D eigenvalue weighted by atomic mass is 10.0. The Labute approximate surface area is 148 Å². The van der Waals surface area contributed by atoms with Crippen LogP contribution in [0.5, 0.6) is 0 Å². The highest BCUT2D eigenvalue weighted by molar-refractivity contribution is 7.94. The summed E-state index contributed by atoms with van der Waals surface area (Å²) in [5, 5.41) is 6.04. The molecule has 140 valence electrons. The largest absolute Gasteiger partial charge is 0.372 e. The van der Waals surface area contributed by atoms with Crippen molar-refractivity contribution in [3.05, 3.63) is 11.8 Å². The molecule has 1 aliphatic carbocycles. The molecule has 8 heteroatoms. The summed E-state index contributed by atoms with van der Waals surface area (Å²) in [6.45, 7) is 3.61. The number of nitrogens with zero attached hydrogens (tertiary/aromatic N) is 1. The fourth-order valence-corrected chi connectivity index (χ4v) is 5.59. The van der Waals surface area contributed by atoms with Gasteiger partial charge in [-0.25, -0.2) is 8.42 Å². The van der Waals surface area contributed by atoms with Gasteiger partial charge in [-0.1, -0.05) is 24.4 Å². The van der Waals surface area contributed by atoms with Gasteiger partial charge in [0.25, 0.3) is 0 Å². The van der Waals surface area contributed by atoms with Gasteiger partial charge >= 0.3 is 0 Å². The first-order valence-corrected chi connectivity index (χ1v) is 10.5. The monoisotopic (exact) mass is 370 g/mol. The van der Waals surface area contributed by atoms with Crippen LogP contribution in [0.2, 0.25) is 0 Å². The molecule has 1 N–H and O–H groups in total. The van der Waals surface area contributed by atoms with E-state index in [0.717, 1.165) is 32.1 Å². The van der Waals surface area contributed by atoms with Crippen LogP contribution in [-0.2, 0) is 19.4 Å². The Morgan fingerprint density at radius 3 is 2.56 bits per heavy atom. The second kappa shape index (κ2) is 7.07. The summed E-state index contributed by atoms with van der Waals surface area (Å²) in [6, 6.07) is 1.61. The standard InChI is InChI=1S/C17H26N2O5S/c1-17(2,25(21,22)12-7-4-3-5-8-12)16(20)18-15-11-13(19-24-15)14-9-6-10-23-14/h11-12,14H,3-10H2,1-2H3,(H,18,20). The Morgan fingerprint density at radius 2 is 1.92 bits per heavy atom. The van der Waals surface area contributed by atoms with Gasteiger partial charge in [0.2, 0.25) is 11.8 Å². The zero-order valence-electron chi connectivity index (χ0n) is 14.8. The van der Waals surface area contributed by atoms with E-state index in [-0.39, 0.29) is 12.0 Å². The van der Waals surface area contributed by atoms with E-state index in [4.69, 9.17) is 9.26 Å². The van der Waals surface area contributed by atoms with Crippen molar-refractivity contribution in [1.82, 2.24) is 5.16 Å². The fraction of sp³-hybridized carbons (Fsp3) is 0.765. The van der Waals surface area contributed by atoms with Crippen molar-refractivity contribution in [1.29, 1.82) is 0 Å². The molecule has 1 aromatic heterocycles. The summed E-state index contributed by atoms with van der Waals surface area (Å²) >= 11 is 0. The van der Waals surface area contributed by atoms with Gasteiger partial charge in [0.1, 0.15) is 16.5 Å². The van der Waals surface area contributed by atoms with Crippen LogP contribution in [0.1, 0.15) is 70.6 Å². The first-order chi connectivity index (χ1) is 11.8. The van der Waals surface area contributed by atoms with Gasteiger partial charge in [-0.15, -0.1) is 0 Å². The normalized spacial score (nSPS) is 22.9. The average molecular weight is 370 g/mol. The molecule has 0 bridgehead atoms. The highest BCUT2D eigenvalue weighted by atomic mass is 32.2. The number of amides is 1. The molecule has 2 heterocycles. The lowest BCUT2D eigenvalue weighted by Crippen LogP contribution is -2.49. The van der Waals surface area contributed by atoms with E-state index in [1.54, 1.807) is 6.07 Å². The maximum Gasteiger partial charge on any atom is 0.247 e. The summed E-state index contributed by atoms with van der Waals surface area (Å²) in [5.41, 5.74) is 0.626. The average Bonchev–Trinajstić information content (AvgIpc) is 3.26. The minimum Gasteiger partial charge on any atom is -0.372 e. The minimum absolute atomic E-state index is 0.117. The van der Waals surface area contributed by atoms with Gasteiger partial charge < -0.3 is 9.26 Å². The molecule has 25 heavy (non-hydrogen) atoms. The van der Waals surface area contributed by atoms with Gasteiger partial charge in [0.05, 0.1) is 5.25 Å². The Balaban J connectivity index is 1.70. The second-order valence-corrected chi connectivity index (χ2v) is 10.2. The third kappa shape index (κ3) is 3.60. The molecule has 1 aliphatic heterocycles. The number of rotatable bonds is 5. The van der Waals surface area contributed by atoms with Crippen LogP contribution >= 0.6 is 0 Å². The summed E-state index contributed by atoms with van der Waals surface area (Å²) in [5.74, 6) is -0.435. The molecule has 0 radical (unpaired) electrons. The predicted octanol–water partition coefficient (Wildman–Crippen LogP) is 2.99. The molecule has 0 spiro atoms. The number of nitrogens with one attached hydrogen (secondary N) is 1. The zero-order chi connectivity index (χ0) is 18.1. The number of sulfone groups is 1. The van der Waals surface area contributed by atoms with Gasteiger partial charge in [0.15, 0.2) is 9.84 Å². The van der Waals surface area contributed by atoms with Crippen LogP contribution in [0.4, 0.5) is 5.88 Å². The summed E-state index contributed by atoms with van der Waals surface area (Å²) < 4.78 is 35.0. The third-order valence-corrected chi connectivity index (χ3v) is 8.23. The van der Waals surface area contributed by atoms with Crippen LogP contribution in [-0.4, -0.2) is 36.1 Å². The van der Waals surface area contributed by atoms with Gasteiger partial charge in [0, 0.05) is 12.7 Å². The first kappa shape index (κ1) is 18.4. The van der Waals surface area contributed by atoms with Crippen molar-refractivity contribution >= 4 is 21.6 Å². The fourth-order valence-electron chi connectivity index (χ4n) is 3.49. The van der Waals surface area contributed by atoms with Crippen molar-refractivity contribution in [2.75, 3.05) is 11.9 Å². The number of hydrogen-bond donors (Lipinski definition) is 1. The number of aromatic nitrogens is 1. The van der Waals surface area contributed by atoms with E-state index in [0.29, 0.717) is 25.1 Å². The summed E-state index contributed by atoms with van der Waals surface area (Å²) in [4.78, 5) is 12.6. The van der Waals surface area contributed by atoms with Gasteiger partial charge in [-0.05, 0) is 39.5 Å². The number of ether oxygens (including phenoxy) is 1. The number of anilines is 1. The van der Waals surface area contributed by atoms with E-state index in [1.807, 2.05) is 0 Å². The van der Waals surface area contributed by atoms with Crippen LogP contribution in [0, 0.1) is 0 Å². The highest BCUT2D eigenvalue weighted by Crippen LogP contribution is 2.33. The summed E-state index contributed by atoms with van der Waals surface area (Å²) in [6.07, 6.45) is 5.82. The SMILES string of the molecule is CC(C)(C(=O)Nc1cc(C2CCCO2)no1)S(=O)(=O)C1CCCCC1. The van der Waals surface area contributed by atoms with Gasteiger partial charge in [-0.3, -0.25) is 10.1 Å². The van der Waals surface area contributed by atoms with Crippen molar-refractivity contribution < 1.29 is 22.5 Å². The molecule has 3 rings (SSSR count). The van der Waals surface area contributed by atoms with Crippen LogP contribution in [0.25, 0.3) is 0 Å². The van der Waals surface area contributed by atoms with Crippen molar-refractivity contribution in [2.45, 2.75) is 74.9 Å². The van der Waals surface area contributed by atoms with E-state index < -0.39 is 25.7 Å². The molecule has 1 unspecified atom stereocenters. The quantitative estimate of drug-likeness (QED) is 0.855. The topological polar surface area (TPSA) is 98.5 Å². The zero-order valence-corrected chi connectivity index (χ0v) is 15.6. The number of hydrogen-bond acceptors (Lipinski definition) is 6. The molecular weight excluding hydrogens is 344 g/mol. The molecule has 2 aliphatic rings. The lowest BCUT2D eigenvalue weighted by Gasteiger charge is -2.30. The first-order valence-electron chi connectivity index (χ1n) is 8.95. The Kier molecular flexibility index (Phi) is 5.20. The lowest BCUT2D eigenvalue weighted by molar-refractivity contribution is -0.118. The molecule has 0 aromatic carbocycles. The second-order valence-electron chi connectivity index (χ2n) is 7.39. The smallest absolute Gasteiger partial charge is 0.247 e. The molecule has 1 aromatic rings. The van der Waals surface area contributed by atoms with E-state index in [9.17, 15) is 13.2 Å². The Hall–Kier alpha value is -1.41. The molecule has 2 fully saturated rings. The number of carbonyl (C=O) groups is 1. The van der Waals surface area contributed by atoms with Crippen LogP contribution in [0.15, 0.2) is 10.6 Å². The Morgan fingerprint density at radius 1 is 1.20 bits per heavy atom. The van der Waals surface area contributed by atoms with Crippen molar-refractivity contribution in [2.24, 2.45) is 0 Å². The predicted molar refractivity (Wildman–Crippen MR) is 92.9 cm³/mol. The molecule has 1 amide bonds. The molecular formula is C17H26N2O5S.